The molecule has 0 aliphatic carbocycles. The maximum absolute atomic E-state index is 5.95. The Morgan fingerprint density at radius 3 is 2.33 bits per heavy atom. The Hall–Kier alpha value is -2.46. The molecule has 0 saturated carbocycles. The Morgan fingerprint density at radius 2 is 1.62 bits per heavy atom. The molecule has 0 aromatic heterocycles. The van der Waals surface area contributed by atoms with Gasteiger partial charge in [-0.25, -0.2) is 9.98 Å². The summed E-state index contributed by atoms with van der Waals surface area (Å²) in [5.74, 6) is 1.38. The van der Waals surface area contributed by atoms with Crippen molar-refractivity contribution in [1.29, 1.82) is 0 Å². The van der Waals surface area contributed by atoms with E-state index in [-0.39, 0.29) is 0 Å². The zero-order chi connectivity index (χ0) is 14.5. The molecule has 0 fully saturated rings. The minimum absolute atomic E-state index is 0.617. The highest BCUT2D eigenvalue weighted by Crippen LogP contribution is 2.13. The largest absolute Gasteiger partial charge is 0.386 e. The van der Waals surface area contributed by atoms with Crippen LogP contribution in [0.4, 0.5) is 5.69 Å². The molecule has 1 aliphatic rings. The number of aliphatic imine (C=N–C) groups is 2. The third kappa shape index (κ3) is 3.77. The number of para-hydroxylation sites is 1. The minimum Gasteiger partial charge on any atom is -0.386 e. The average Bonchev–Trinajstić information content (AvgIpc) is 2.48. The van der Waals surface area contributed by atoms with Crippen molar-refractivity contribution >= 4 is 17.4 Å². The Kier molecular flexibility index (Phi) is 4.07. The topological polar surface area (TPSA) is 54.0 Å². The van der Waals surface area contributed by atoms with Crippen LogP contribution in [0.25, 0.3) is 0 Å². The van der Waals surface area contributed by atoms with Gasteiger partial charge in [-0.15, -0.1) is 0 Å². The molecule has 3 rings (SSSR count). The molecule has 106 valence electrons. The standard InChI is InChI=1S/C17H18N4/c18-16-12-21(11-14-7-3-1-4-8-14)13-17(20-16)19-15-9-5-2-6-10-15/h1-10H,11-13H2,(H2,18,19,20). The first kappa shape index (κ1) is 13.5. The Balaban J connectivity index is 1.75. The van der Waals surface area contributed by atoms with Gasteiger partial charge in [0.2, 0.25) is 0 Å². The van der Waals surface area contributed by atoms with E-state index in [2.05, 4.69) is 39.2 Å². The Bertz CT molecular complexity index is 647. The molecule has 0 amide bonds. The summed E-state index contributed by atoms with van der Waals surface area (Å²) in [6.45, 7) is 2.25. The molecular weight excluding hydrogens is 260 g/mol. The number of benzene rings is 2. The first-order valence-corrected chi connectivity index (χ1v) is 7.01. The van der Waals surface area contributed by atoms with Gasteiger partial charge in [0.15, 0.2) is 0 Å². The normalized spacial score (nSPS) is 17.7. The van der Waals surface area contributed by atoms with Crippen LogP contribution >= 0.6 is 0 Å². The van der Waals surface area contributed by atoms with Crippen LogP contribution < -0.4 is 5.73 Å². The Labute approximate surface area is 124 Å². The molecule has 2 N–H and O–H groups in total. The molecule has 2 aromatic carbocycles. The van der Waals surface area contributed by atoms with Crippen LogP contribution in [0.1, 0.15) is 5.56 Å². The van der Waals surface area contributed by atoms with E-state index in [1.54, 1.807) is 0 Å². The van der Waals surface area contributed by atoms with Crippen molar-refractivity contribution < 1.29 is 0 Å². The van der Waals surface area contributed by atoms with Crippen LogP contribution in [0.5, 0.6) is 0 Å². The van der Waals surface area contributed by atoms with Crippen molar-refractivity contribution in [2.24, 2.45) is 15.7 Å². The summed E-state index contributed by atoms with van der Waals surface area (Å²) in [5, 5.41) is 0. The van der Waals surface area contributed by atoms with Gasteiger partial charge < -0.3 is 5.73 Å². The molecule has 0 saturated heterocycles. The summed E-state index contributed by atoms with van der Waals surface area (Å²) in [7, 11) is 0. The number of nitrogens with zero attached hydrogens (tertiary/aromatic N) is 3. The molecule has 4 heteroatoms. The van der Waals surface area contributed by atoms with Gasteiger partial charge in [0.1, 0.15) is 11.7 Å². The zero-order valence-corrected chi connectivity index (χ0v) is 11.8. The summed E-state index contributed by atoms with van der Waals surface area (Å²) < 4.78 is 0. The van der Waals surface area contributed by atoms with E-state index >= 15 is 0 Å². The second-order valence-corrected chi connectivity index (χ2v) is 5.10. The van der Waals surface area contributed by atoms with Gasteiger partial charge >= 0.3 is 0 Å². The molecule has 4 nitrogen and oxygen atoms in total. The fraction of sp³-hybridized carbons (Fsp3) is 0.176. The van der Waals surface area contributed by atoms with E-state index in [9.17, 15) is 0 Å². The number of nitrogens with two attached hydrogens (primary N) is 1. The number of hydrogen-bond donors (Lipinski definition) is 1. The number of hydrogen-bond acceptors (Lipinski definition) is 3. The van der Waals surface area contributed by atoms with Crippen LogP contribution in [0, 0.1) is 0 Å². The van der Waals surface area contributed by atoms with Crippen LogP contribution in [0.2, 0.25) is 0 Å². The SMILES string of the molecule is NC1=NC(=Nc2ccccc2)CN(Cc2ccccc2)C1. The zero-order valence-electron chi connectivity index (χ0n) is 11.8. The van der Waals surface area contributed by atoms with E-state index in [4.69, 9.17) is 5.73 Å². The fourth-order valence-electron chi connectivity index (χ4n) is 2.39. The third-order valence-corrected chi connectivity index (χ3v) is 3.29. The average molecular weight is 278 g/mol. The minimum atomic E-state index is 0.617. The van der Waals surface area contributed by atoms with Gasteiger partial charge in [-0.05, 0) is 17.7 Å². The maximum atomic E-state index is 5.95. The first-order chi connectivity index (χ1) is 10.3. The lowest BCUT2D eigenvalue weighted by molar-refractivity contribution is 0.340. The van der Waals surface area contributed by atoms with Crippen LogP contribution in [0.15, 0.2) is 70.6 Å². The van der Waals surface area contributed by atoms with Crippen LogP contribution in [-0.2, 0) is 6.54 Å². The van der Waals surface area contributed by atoms with E-state index < -0.39 is 0 Å². The van der Waals surface area contributed by atoms with Crippen molar-refractivity contribution in [3.05, 3.63) is 66.2 Å². The summed E-state index contributed by atoms with van der Waals surface area (Å²) in [4.78, 5) is 11.2. The molecule has 1 aliphatic heterocycles. The van der Waals surface area contributed by atoms with Crippen molar-refractivity contribution in [2.45, 2.75) is 6.54 Å². The highest BCUT2D eigenvalue weighted by molar-refractivity contribution is 6.01. The molecule has 2 aromatic rings. The summed E-state index contributed by atoms with van der Waals surface area (Å²) >= 11 is 0. The van der Waals surface area contributed by atoms with Gasteiger partial charge in [0.05, 0.1) is 18.8 Å². The lowest BCUT2D eigenvalue weighted by Gasteiger charge is -2.25. The molecule has 0 spiro atoms. The second-order valence-electron chi connectivity index (χ2n) is 5.10. The third-order valence-electron chi connectivity index (χ3n) is 3.29. The summed E-state index contributed by atoms with van der Waals surface area (Å²) in [5.41, 5.74) is 8.13. The van der Waals surface area contributed by atoms with Crippen LogP contribution in [0.3, 0.4) is 0 Å². The number of amidine groups is 2. The summed E-state index contributed by atoms with van der Waals surface area (Å²) in [6.07, 6.45) is 0. The van der Waals surface area contributed by atoms with E-state index in [0.29, 0.717) is 18.9 Å². The lowest BCUT2D eigenvalue weighted by Crippen LogP contribution is -2.41. The smallest absolute Gasteiger partial charge is 0.145 e. The second kappa shape index (κ2) is 6.33. The number of rotatable bonds is 3. The van der Waals surface area contributed by atoms with Gasteiger partial charge in [-0.3, -0.25) is 4.90 Å². The van der Waals surface area contributed by atoms with Crippen molar-refractivity contribution in [1.82, 2.24) is 4.90 Å². The molecule has 0 radical (unpaired) electrons. The molecule has 21 heavy (non-hydrogen) atoms. The van der Waals surface area contributed by atoms with Gasteiger partial charge in [-0.2, -0.15) is 0 Å². The van der Waals surface area contributed by atoms with E-state index in [0.717, 1.165) is 18.1 Å². The maximum Gasteiger partial charge on any atom is 0.145 e. The summed E-state index contributed by atoms with van der Waals surface area (Å²) in [6, 6.07) is 20.2. The van der Waals surface area contributed by atoms with E-state index in [1.807, 2.05) is 36.4 Å². The first-order valence-electron chi connectivity index (χ1n) is 7.01. The van der Waals surface area contributed by atoms with Gasteiger partial charge in [-0.1, -0.05) is 48.5 Å². The van der Waals surface area contributed by atoms with Crippen LogP contribution in [-0.4, -0.2) is 29.7 Å². The molecular formula is C17H18N4. The predicted molar refractivity (Wildman–Crippen MR) is 86.9 cm³/mol. The van der Waals surface area contributed by atoms with Gasteiger partial charge in [0.25, 0.3) is 0 Å². The van der Waals surface area contributed by atoms with Crippen molar-refractivity contribution in [3.8, 4) is 0 Å². The molecule has 0 unspecified atom stereocenters. The predicted octanol–water partition coefficient (Wildman–Crippen LogP) is 2.59. The van der Waals surface area contributed by atoms with Gasteiger partial charge in [0, 0.05) is 6.54 Å². The van der Waals surface area contributed by atoms with Crippen molar-refractivity contribution in [3.63, 3.8) is 0 Å². The molecule has 0 atom stereocenters. The Morgan fingerprint density at radius 1 is 0.952 bits per heavy atom. The lowest BCUT2D eigenvalue weighted by atomic mass is 10.2. The quantitative estimate of drug-likeness (QED) is 0.938. The monoisotopic (exact) mass is 278 g/mol. The molecule has 0 bridgehead atoms. The fourth-order valence-corrected chi connectivity index (χ4v) is 2.39. The van der Waals surface area contributed by atoms with Crippen molar-refractivity contribution in [2.75, 3.05) is 13.1 Å². The molecule has 1 heterocycles. The highest BCUT2D eigenvalue weighted by atomic mass is 15.2. The highest BCUT2D eigenvalue weighted by Gasteiger charge is 2.16. The van der Waals surface area contributed by atoms with E-state index in [1.165, 1.54) is 5.56 Å².